The van der Waals surface area contributed by atoms with E-state index in [9.17, 15) is 0 Å². The molecule has 0 spiro atoms. The van der Waals surface area contributed by atoms with Gasteiger partial charge in [-0.2, -0.15) is 0 Å². The van der Waals surface area contributed by atoms with Crippen LogP contribution in [0, 0.1) is 0 Å². The first-order valence-electron chi connectivity index (χ1n) is 8.19. The number of ether oxygens (including phenoxy) is 3. The molecule has 0 saturated carbocycles. The predicted octanol–water partition coefficient (Wildman–Crippen LogP) is 2.48. The van der Waals surface area contributed by atoms with Crippen LogP contribution in [0.4, 0.5) is 0 Å². The van der Waals surface area contributed by atoms with Crippen molar-refractivity contribution in [1.29, 1.82) is 0 Å². The predicted molar refractivity (Wildman–Crippen MR) is 86.7 cm³/mol. The molecule has 23 heavy (non-hydrogen) atoms. The summed E-state index contributed by atoms with van der Waals surface area (Å²) in [6.45, 7) is 3.93. The fraction of sp³-hybridized carbons (Fsp3) is 0.368. The minimum Gasteiger partial charge on any atom is -0.492 e. The van der Waals surface area contributed by atoms with E-state index in [0.29, 0.717) is 25.7 Å². The van der Waals surface area contributed by atoms with Crippen molar-refractivity contribution < 1.29 is 14.2 Å². The number of benzene rings is 2. The Morgan fingerprint density at radius 2 is 1.96 bits per heavy atom. The van der Waals surface area contributed by atoms with Gasteiger partial charge in [-0.15, -0.1) is 0 Å². The zero-order chi connectivity index (χ0) is 15.3. The first kappa shape index (κ1) is 13.3. The molecule has 2 aromatic rings. The minimum atomic E-state index is 0.115. The highest BCUT2D eigenvalue weighted by molar-refractivity contribution is 5.53. The van der Waals surface area contributed by atoms with Crippen molar-refractivity contribution in [2.24, 2.45) is 0 Å². The molecule has 2 aromatic carbocycles. The molecule has 3 aliphatic rings. The third kappa shape index (κ3) is 1.88. The topological polar surface area (TPSA) is 39.7 Å². The molecule has 2 atom stereocenters. The molecule has 0 radical (unpaired) electrons. The largest absolute Gasteiger partial charge is 0.492 e. The Bertz CT molecular complexity index is 760. The van der Waals surface area contributed by atoms with E-state index in [1.165, 1.54) is 11.1 Å². The molecule has 2 aliphatic heterocycles. The molecule has 4 heteroatoms. The van der Waals surface area contributed by atoms with Crippen molar-refractivity contribution in [2.45, 2.75) is 11.3 Å². The molecule has 0 unspecified atom stereocenters. The lowest BCUT2D eigenvalue weighted by atomic mass is 9.58. The second-order valence-electron chi connectivity index (χ2n) is 6.52. The van der Waals surface area contributed by atoms with Gasteiger partial charge in [0, 0.05) is 25.1 Å². The zero-order valence-electron chi connectivity index (χ0n) is 12.9. The van der Waals surface area contributed by atoms with Gasteiger partial charge in [-0.25, -0.2) is 0 Å². The number of rotatable bonds is 3. The fourth-order valence-electron chi connectivity index (χ4n) is 4.18. The highest BCUT2D eigenvalue weighted by Gasteiger charge is 2.54. The Morgan fingerprint density at radius 1 is 1.09 bits per heavy atom. The van der Waals surface area contributed by atoms with E-state index < -0.39 is 0 Å². The van der Waals surface area contributed by atoms with Gasteiger partial charge < -0.3 is 19.5 Å². The van der Waals surface area contributed by atoms with Crippen LogP contribution in [0.15, 0.2) is 42.5 Å². The molecule has 5 rings (SSSR count). The minimum absolute atomic E-state index is 0.115. The van der Waals surface area contributed by atoms with Crippen LogP contribution in [0.3, 0.4) is 0 Å². The molecule has 0 amide bonds. The first-order valence-corrected chi connectivity index (χ1v) is 8.19. The molecule has 1 fully saturated rings. The summed E-state index contributed by atoms with van der Waals surface area (Å²) in [4.78, 5) is 0. The van der Waals surface area contributed by atoms with Crippen LogP contribution in [0.2, 0.25) is 0 Å². The van der Waals surface area contributed by atoms with E-state index in [-0.39, 0.29) is 5.41 Å². The van der Waals surface area contributed by atoms with Crippen molar-refractivity contribution >= 4 is 0 Å². The molecule has 0 aromatic heterocycles. The van der Waals surface area contributed by atoms with E-state index in [1.807, 2.05) is 18.2 Å². The van der Waals surface area contributed by atoms with Gasteiger partial charge in [0.15, 0.2) is 11.5 Å². The maximum Gasteiger partial charge on any atom is 0.165 e. The number of hydrogen-bond donors (Lipinski definition) is 1. The normalized spacial score (nSPS) is 26.9. The second kappa shape index (κ2) is 4.90. The average molecular weight is 309 g/mol. The van der Waals surface area contributed by atoms with Gasteiger partial charge in [0.25, 0.3) is 0 Å². The van der Waals surface area contributed by atoms with Crippen molar-refractivity contribution in [3.8, 4) is 17.2 Å². The Morgan fingerprint density at radius 3 is 2.91 bits per heavy atom. The zero-order valence-corrected chi connectivity index (χ0v) is 12.9. The summed E-state index contributed by atoms with van der Waals surface area (Å²) in [7, 11) is 0. The Kier molecular flexibility index (Phi) is 2.82. The molecule has 2 heterocycles. The lowest BCUT2D eigenvalue weighted by Crippen LogP contribution is -2.48. The number of hydrogen-bond acceptors (Lipinski definition) is 4. The molecule has 1 saturated heterocycles. The Labute approximate surface area is 135 Å². The smallest absolute Gasteiger partial charge is 0.165 e. The van der Waals surface area contributed by atoms with Crippen LogP contribution in [0.1, 0.15) is 17.0 Å². The van der Waals surface area contributed by atoms with E-state index in [0.717, 1.165) is 30.3 Å². The van der Waals surface area contributed by atoms with Crippen molar-refractivity contribution in [3.05, 3.63) is 53.6 Å². The second-order valence-corrected chi connectivity index (χ2v) is 6.52. The highest BCUT2D eigenvalue weighted by Crippen LogP contribution is 2.53. The maximum atomic E-state index is 6.16. The summed E-state index contributed by atoms with van der Waals surface area (Å²) in [5.41, 5.74) is 3.03. The van der Waals surface area contributed by atoms with Crippen molar-refractivity contribution in [3.63, 3.8) is 0 Å². The van der Waals surface area contributed by atoms with Crippen LogP contribution in [0.25, 0.3) is 0 Å². The summed E-state index contributed by atoms with van der Waals surface area (Å²) in [6.07, 6.45) is 0. The molecule has 1 N–H and O–H groups in total. The summed E-state index contributed by atoms with van der Waals surface area (Å²) in [6, 6.07) is 14.6. The third-order valence-electron chi connectivity index (χ3n) is 5.34. The van der Waals surface area contributed by atoms with Gasteiger partial charge in [-0.3, -0.25) is 0 Å². The van der Waals surface area contributed by atoms with Gasteiger partial charge >= 0.3 is 0 Å². The van der Waals surface area contributed by atoms with Crippen LogP contribution in [-0.4, -0.2) is 32.9 Å². The van der Waals surface area contributed by atoms with Crippen LogP contribution >= 0.6 is 0 Å². The molecular weight excluding hydrogens is 290 g/mol. The SMILES string of the molecule is c1ccc2c(c1)[C@H]1CNC[C@@]21COc1ccc2c(c1)OCCO2. The molecule has 0 bridgehead atoms. The maximum absolute atomic E-state index is 6.16. The van der Waals surface area contributed by atoms with E-state index in [2.05, 4.69) is 29.6 Å². The summed E-state index contributed by atoms with van der Waals surface area (Å²) in [5.74, 6) is 2.99. The van der Waals surface area contributed by atoms with Gasteiger partial charge in [-0.1, -0.05) is 24.3 Å². The molecular formula is C19H19NO3. The lowest BCUT2D eigenvalue weighted by Gasteiger charge is -2.46. The van der Waals surface area contributed by atoms with Gasteiger partial charge in [0.1, 0.15) is 19.0 Å². The first-order chi connectivity index (χ1) is 11.4. The lowest BCUT2D eigenvalue weighted by molar-refractivity contribution is 0.166. The molecule has 118 valence electrons. The standard InChI is InChI=1S/C19H19NO3/c1-2-4-15-14(3-1)16-10-20-11-19(15,16)12-23-13-5-6-17-18(9-13)22-8-7-21-17/h1-6,9,16,20H,7-8,10-12H2/t16-,19-/m1/s1. The Hall–Kier alpha value is -2.20. The number of fused-ring (bicyclic) bond motifs is 5. The van der Waals surface area contributed by atoms with Gasteiger partial charge in [0.2, 0.25) is 0 Å². The quantitative estimate of drug-likeness (QED) is 0.945. The van der Waals surface area contributed by atoms with Crippen LogP contribution in [0.5, 0.6) is 17.2 Å². The van der Waals surface area contributed by atoms with Gasteiger partial charge in [-0.05, 0) is 23.3 Å². The fourth-order valence-corrected chi connectivity index (χ4v) is 4.18. The van der Waals surface area contributed by atoms with Crippen LogP contribution < -0.4 is 19.5 Å². The highest BCUT2D eigenvalue weighted by atomic mass is 16.6. The summed E-state index contributed by atoms with van der Waals surface area (Å²) in [5, 5.41) is 3.53. The molecule has 1 aliphatic carbocycles. The van der Waals surface area contributed by atoms with Crippen LogP contribution in [-0.2, 0) is 5.41 Å². The Balaban J connectivity index is 1.39. The monoisotopic (exact) mass is 309 g/mol. The average Bonchev–Trinajstić information content (AvgIpc) is 2.97. The van der Waals surface area contributed by atoms with Gasteiger partial charge in [0.05, 0.1) is 12.0 Å². The molecule has 4 nitrogen and oxygen atoms in total. The summed E-state index contributed by atoms with van der Waals surface area (Å²) < 4.78 is 17.4. The van der Waals surface area contributed by atoms with E-state index in [1.54, 1.807) is 0 Å². The van der Waals surface area contributed by atoms with E-state index >= 15 is 0 Å². The number of nitrogens with one attached hydrogen (secondary N) is 1. The van der Waals surface area contributed by atoms with E-state index in [4.69, 9.17) is 14.2 Å². The summed E-state index contributed by atoms with van der Waals surface area (Å²) >= 11 is 0. The third-order valence-corrected chi connectivity index (χ3v) is 5.34. The van der Waals surface area contributed by atoms with Crippen molar-refractivity contribution in [1.82, 2.24) is 5.32 Å². The van der Waals surface area contributed by atoms with Crippen molar-refractivity contribution in [2.75, 3.05) is 32.9 Å².